The number of nitrogens with two attached hydrogens (primary N) is 1. The van der Waals surface area contributed by atoms with E-state index in [2.05, 4.69) is 27.3 Å². The molecule has 1 aromatic heterocycles. The van der Waals surface area contributed by atoms with Gasteiger partial charge in [0.1, 0.15) is 0 Å². The molecule has 2 aromatic carbocycles. The molecule has 8 heteroatoms. The van der Waals surface area contributed by atoms with Crippen molar-refractivity contribution in [2.24, 2.45) is 0 Å². The number of rotatable bonds is 5. The molecule has 8 nitrogen and oxygen atoms in total. The zero-order valence-electron chi connectivity index (χ0n) is 15.8. The van der Waals surface area contributed by atoms with Crippen molar-refractivity contribution in [2.75, 3.05) is 17.2 Å². The molecule has 0 saturated carbocycles. The maximum absolute atomic E-state index is 11.1. The van der Waals surface area contributed by atoms with Gasteiger partial charge in [0.05, 0.1) is 17.9 Å². The van der Waals surface area contributed by atoms with Crippen LogP contribution >= 0.6 is 0 Å². The average molecular weight is 390 g/mol. The van der Waals surface area contributed by atoms with Crippen LogP contribution in [-0.2, 0) is 4.79 Å². The Morgan fingerprint density at radius 1 is 1.17 bits per heavy atom. The molecule has 1 aliphatic heterocycles. The lowest BCUT2D eigenvalue weighted by Gasteiger charge is -2.24. The second-order valence-corrected chi connectivity index (χ2v) is 6.94. The highest BCUT2D eigenvalue weighted by Crippen LogP contribution is 2.35. The zero-order valence-corrected chi connectivity index (χ0v) is 15.8. The van der Waals surface area contributed by atoms with E-state index in [-0.39, 0.29) is 6.04 Å². The Balaban J connectivity index is 1.51. The van der Waals surface area contributed by atoms with E-state index in [4.69, 9.17) is 10.9 Å². The third-order valence-corrected chi connectivity index (χ3v) is 5.04. The molecule has 1 amide bonds. The first-order valence-corrected chi connectivity index (χ1v) is 9.41. The van der Waals surface area contributed by atoms with Crippen molar-refractivity contribution in [3.05, 3.63) is 71.9 Å². The fraction of sp³-hybridized carbons (Fsp3) is 0.190. The molecule has 1 aliphatic rings. The number of hydrogen-bond donors (Lipinski definition) is 3. The van der Waals surface area contributed by atoms with Crippen LogP contribution < -0.4 is 16.1 Å². The number of hydroxylamine groups is 1. The third kappa shape index (κ3) is 4.12. The van der Waals surface area contributed by atoms with Crippen LogP contribution in [0.15, 0.2) is 60.8 Å². The summed E-state index contributed by atoms with van der Waals surface area (Å²) in [6, 6.07) is 15.8. The predicted molar refractivity (Wildman–Crippen MR) is 110 cm³/mol. The highest BCUT2D eigenvalue weighted by atomic mass is 16.5. The van der Waals surface area contributed by atoms with Gasteiger partial charge in [-0.25, -0.2) is 10.2 Å². The molecule has 0 bridgehead atoms. The van der Waals surface area contributed by atoms with Crippen molar-refractivity contribution in [1.82, 2.24) is 20.5 Å². The highest BCUT2D eigenvalue weighted by molar-refractivity contribution is 5.90. The smallest absolute Gasteiger partial charge is 0.267 e. The van der Waals surface area contributed by atoms with Crippen LogP contribution in [0.25, 0.3) is 11.8 Å². The molecular formula is C21H22N6O2. The first-order valence-electron chi connectivity index (χ1n) is 9.41. The SMILES string of the molecule is Nc1ccc(-n2cc(N3CCCC3c3ccc(/C=C/C(=O)NO)cc3)nn2)cc1. The van der Waals surface area contributed by atoms with Crippen LogP contribution in [0.3, 0.4) is 0 Å². The third-order valence-electron chi connectivity index (χ3n) is 5.04. The Labute approximate surface area is 168 Å². The van der Waals surface area contributed by atoms with Crippen LogP contribution in [0.1, 0.15) is 30.0 Å². The zero-order chi connectivity index (χ0) is 20.2. The summed E-state index contributed by atoms with van der Waals surface area (Å²) in [6.07, 6.45) is 7.00. The molecule has 1 atom stereocenters. The maximum atomic E-state index is 11.1. The van der Waals surface area contributed by atoms with Crippen molar-refractivity contribution in [2.45, 2.75) is 18.9 Å². The summed E-state index contributed by atoms with van der Waals surface area (Å²) >= 11 is 0. The Morgan fingerprint density at radius 3 is 2.66 bits per heavy atom. The summed E-state index contributed by atoms with van der Waals surface area (Å²) in [7, 11) is 0. The normalized spacial score (nSPS) is 16.4. The summed E-state index contributed by atoms with van der Waals surface area (Å²) in [5.41, 5.74) is 11.0. The number of nitrogens with one attached hydrogen (secondary N) is 1. The second kappa shape index (κ2) is 8.15. The lowest BCUT2D eigenvalue weighted by molar-refractivity contribution is -0.124. The fourth-order valence-corrected chi connectivity index (χ4v) is 3.57. The van der Waals surface area contributed by atoms with Crippen molar-refractivity contribution >= 4 is 23.5 Å². The number of anilines is 2. The minimum atomic E-state index is -0.555. The number of benzene rings is 2. The van der Waals surface area contributed by atoms with Gasteiger partial charge in [0.25, 0.3) is 5.91 Å². The van der Waals surface area contributed by atoms with E-state index in [1.165, 1.54) is 11.6 Å². The molecular weight excluding hydrogens is 368 g/mol. The van der Waals surface area contributed by atoms with Crippen molar-refractivity contribution < 1.29 is 10.0 Å². The summed E-state index contributed by atoms with van der Waals surface area (Å²) in [5.74, 6) is 0.285. The molecule has 29 heavy (non-hydrogen) atoms. The first-order chi connectivity index (χ1) is 14.1. The van der Waals surface area contributed by atoms with E-state index in [9.17, 15) is 4.79 Å². The number of carbonyl (C=O) groups excluding carboxylic acids is 1. The Kier molecular flexibility index (Phi) is 5.26. The van der Waals surface area contributed by atoms with Gasteiger partial charge in [-0.2, -0.15) is 0 Å². The van der Waals surface area contributed by atoms with Crippen LogP contribution in [0, 0.1) is 0 Å². The standard InChI is InChI=1S/C21H22N6O2/c22-17-8-10-18(11-9-17)27-14-20(23-25-27)26-13-1-2-19(26)16-6-3-15(4-7-16)5-12-21(28)24-29/h3-12,14,19,29H,1-2,13,22H2,(H,24,28)/b12-5+. The number of nitrogens with zero attached hydrogens (tertiary/aromatic N) is 4. The Bertz CT molecular complexity index is 1010. The molecule has 1 saturated heterocycles. The molecule has 1 unspecified atom stereocenters. The second-order valence-electron chi connectivity index (χ2n) is 6.94. The van der Waals surface area contributed by atoms with E-state index in [1.54, 1.807) is 16.2 Å². The molecule has 3 aromatic rings. The summed E-state index contributed by atoms with van der Waals surface area (Å²) < 4.78 is 1.75. The van der Waals surface area contributed by atoms with Gasteiger partial charge < -0.3 is 10.6 Å². The van der Waals surface area contributed by atoms with Gasteiger partial charge in [0.15, 0.2) is 5.82 Å². The number of carbonyl (C=O) groups is 1. The fourth-order valence-electron chi connectivity index (χ4n) is 3.57. The van der Waals surface area contributed by atoms with Crippen LogP contribution in [0.2, 0.25) is 0 Å². The monoisotopic (exact) mass is 390 g/mol. The van der Waals surface area contributed by atoms with E-state index >= 15 is 0 Å². The van der Waals surface area contributed by atoms with Gasteiger partial charge in [-0.15, -0.1) is 5.10 Å². The molecule has 148 valence electrons. The lowest BCUT2D eigenvalue weighted by Crippen LogP contribution is -2.22. The van der Waals surface area contributed by atoms with Crippen LogP contribution in [0.5, 0.6) is 0 Å². The summed E-state index contributed by atoms with van der Waals surface area (Å²) in [4.78, 5) is 13.4. The summed E-state index contributed by atoms with van der Waals surface area (Å²) in [6.45, 7) is 0.920. The van der Waals surface area contributed by atoms with Gasteiger partial charge in [0, 0.05) is 18.3 Å². The Morgan fingerprint density at radius 2 is 1.93 bits per heavy atom. The largest absolute Gasteiger partial charge is 0.399 e. The number of hydrogen-bond acceptors (Lipinski definition) is 6. The van der Waals surface area contributed by atoms with E-state index in [0.29, 0.717) is 5.69 Å². The van der Waals surface area contributed by atoms with Crippen molar-refractivity contribution in [1.29, 1.82) is 0 Å². The van der Waals surface area contributed by atoms with Crippen molar-refractivity contribution in [3.63, 3.8) is 0 Å². The van der Waals surface area contributed by atoms with Gasteiger partial charge >= 0.3 is 0 Å². The minimum Gasteiger partial charge on any atom is -0.399 e. The van der Waals surface area contributed by atoms with Crippen LogP contribution in [0.4, 0.5) is 11.5 Å². The van der Waals surface area contributed by atoms with E-state index < -0.39 is 5.91 Å². The van der Waals surface area contributed by atoms with Crippen molar-refractivity contribution in [3.8, 4) is 5.69 Å². The number of amides is 1. The highest BCUT2D eigenvalue weighted by Gasteiger charge is 2.28. The molecule has 0 spiro atoms. The molecule has 1 fully saturated rings. The van der Waals surface area contributed by atoms with E-state index in [1.807, 2.05) is 42.6 Å². The summed E-state index contributed by atoms with van der Waals surface area (Å²) in [5, 5.41) is 17.2. The average Bonchev–Trinajstić information content (AvgIpc) is 3.42. The molecule has 0 radical (unpaired) electrons. The molecule has 0 aliphatic carbocycles. The molecule has 2 heterocycles. The number of aromatic nitrogens is 3. The quantitative estimate of drug-likeness (QED) is 0.267. The van der Waals surface area contributed by atoms with E-state index in [0.717, 1.165) is 36.5 Å². The van der Waals surface area contributed by atoms with Gasteiger partial charge in [-0.1, -0.05) is 29.5 Å². The predicted octanol–water partition coefficient (Wildman–Crippen LogP) is 2.71. The van der Waals surface area contributed by atoms with Gasteiger partial charge in [-0.3, -0.25) is 10.0 Å². The molecule has 4 N–H and O–H groups in total. The van der Waals surface area contributed by atoms with Gasteiger partial charge in [0.2, 0.25) is 0 Å². The minimum absolute atomic E-state index is 0.227. The van der Waals surface area contributed by atoms with Crippen LogP contribution in [-0.4, -0.2) is 32.7 Å². The lowest BCUT2D eigenvalue weighted by atomic mass is 10.0. The Hall–Kier alpha value is -3.65. The maximum Gasteiger partial charge on any atom is 0.267 e. The molecule has 4 rings (SSSR count). The number of nitrogen functional groups attached to an aromatic ring is 1. The topological polar surface area (TPSA) is 109 Å². The first kappa shape index (κ1) is 18.7. The van der Waals surface area contributed by atoms with Gasteiger partial charge in [-0.05, 0) is 54.3 Å².